The molecule has 0 radical (unpaired) electrons. The molecule has 0 aliphatic carbocycles. The van der Waals surface area contributed by atoms with E-state index in [2.05, 4.69) is 15.9 Å². The lowest BCUT2D eigenvalue weighted by molar-refractivity contribution is 0.216. The van der Waals surface area contributed by atoms with Crippen LogP contribution in [0, 0.1) is 5.82 Å². The van der Waals surface area contributed by atoms with E-state index in [9.17, 15) is 4.39 Å². The zero-order valence-electron chi connectivity index (χ0n) is 10.8. The van der Waals surface area contributed by atoms with E-state index < -0.39 is 0 Å². The van der Waals surface area contributed by atoms with Crippen LogP contribution in [0.1, 0.15) is 5.56 Å². The summed E-state index contributed by atoms with van der Waals surface area (Å²) >= 11 is 3.24. The lowest BCUT2D eigenvalue weighted by Crippen LogP contribution is -2.09. The molecule has 0 aromatic heterocycles. The summed E-state index contributed by atoms with van der Waals surface area (Å²) in [6, 6.07) is 11.9. The van der Waals surface area contributed by atoms with Gasteiger partial charge in [-0.05, 0) is 51.8 Å². The summed E-state index contributed by atoms with van der Waals surface area (Å²) in [4.78, 5) is 0. The fraction of sp³-hybridized carbons (Fsp3) is 0.200. The third-order valence-corrected chi connectivity index (χ3v) is 3.28. The summed E-state index contributed by atoms with van der Waals surface area (Å²) in [7, 11) is 0. The number of benzene rings is 2. The molecule has 0 atom stereocenters. The first kappa shape index (κ1) is 14.8. The van der Waals surface area contributed by atoms with Crippen LogP contribution in [0.4, 0.5) is 4.39 Å². The van der Waals surface area contributed by atoms with Crippen molar-refractivity contribution in [1.29, 1.82) is 0 Å². The van der Waals surface area contributed by atoms with Crippen LogP contribution in [0.2, 0.25) is 0 Å². The fourth-order valence-electron chi connectivity index (χ4n) is 1.63. The van der Waals surface area contributed by atoms with Crippen molar-refractivity contribution in [3.63, 3.8) is 0 Å². The molecule has 0 amide bonds. The van der Waals surface area contributed by atoms with Crippen LogP contribution in [0.3, 0.4) is 0 Å². The fourth-order valence-corrected chi connectivity index (χ4v) is 2.09. The molecule has 0 fully saturated rings. The zero-order valence-corrected chi connectivity index (χ0v) is 12.4. The molecule has 0 aliphatic rings. The number of nitrogens with two attached hydrogens (primary N) is 1. The Hall–Kier alpha value is -1.59. The number of rotatable bonds is 6. The summed E-state index contributed by atoms with van der Waals surface area (Å²) in [6.45, 7) is 1.30. The zero-order chi connectivity index (χ0) is 14.4. The molecule has 0 heterocycles. The minimum absolute atomic E-state index is 0.305. The minimum Gasteiger partial charge on any atom is -0.490 e. The van der Waals surface area contributed by atoms with Crippen LogP contribution in [-0.2, 0) is 6.54 Å². The van der Waals surface area contributed by atoms with Gasteiger partial charge in [-0.1, -0.05) is 12.1 Å². The summed E-state index contributed by atoms with van der Waals surface area (Å²) in [5, 5.41) is 0. The van der Waals surface area contributed by atoms with Gasteiger partial charge in [0.25, 0.3) is 0 Å². The van der Waals surface area contributed by atoms with Crippen LogP contribution in [0.5, 0.6) is 11.5 Å². The molecule has 0 aliphatic heterocycles. The molecule has 0 spiro atoms. The van der Waals surface area contributed by atoms with E-state index in [-0.39, 0.29) is 5.82 Å². The molecule has 2 N–H and O–H groups in total. The van der Waals surface area contributed by atoms with Gasteiger partial charge in [0.1, 0.15) is 30.5 Å². The molecule has 0 bridgehead atoms. The first-order chi connectivity index (χ1) is 9.69. The van der Waals surface area contributed by atoms with Crippen LogP contribution in [0.15, 0.2) is 46.9 Å². The maximum absolute atomic E-state index is 12.9. The first-order valence-corrected chi connectivity index (χ1v) is 6.98. The number of hydrogen-bond acceptors (Lipinski definition) is 3. The van der Waals surface area contributed by atoms with Gasteiger partial charge in [0.2, 0.25) is 0 Å². The Morgan fingerprint density at radius 2 is 1.70 bits per heavy atom. The van der Waals surface area contributed by atoms with Gasteiger partial charge in [0.05, 0.1) is 4.47 Å². The van der Waals surface area contributed by atoms with Crippen molar-refractivity contribution in [3.8, 4) is 11.5 Å². The highest BCUT2D eigenvalue weighted by molar-refractivity contribution is 9.10. The van der Waals surface area contributed by atoms with Gasteiger partial charge in [-0.2, -0.15) is 0 Å². The number of ether oxygens (including phenoxy) is 2. The molecular formula is C15H15BrFNO2. The van der Waals surface area contributed by atoms with Crippen molar-refractivity contribution in [2.24, 2.45) is 5.73 Å². The van der Waals surface area contributed by atoms with Crippen LogP contribution in [-0.4, -0.2) is 13.2 Å². The summed E-state index contributed by atoms with van der Waals surface area (Å²) in [5.74, 6) is 1.05. The van der Waals surface area contributed by atoms with E-state index in [1.165, 1.54) is 12.1 Å². The lowest BCUT2D eigenvalue weighted by atomic mass is 10.2. The Balaban J connectivity index is 1.78. The predicted molar refractivity (Wildman–Crippen MR) is 79.4 cm³/mol. The summed E-state index contributed by atoms with van der Waals surface area (Å²) < 4.78 is 24.5. The van der Waals surface area contributed by atoms with E-state index in [0.29, 0.717) is 30.0 Å². The van der Waals surface area contributed by atoms with Gasteiger partial charge in [0.15, 0.2) is 0 Å². The highest BCUT2D eigenvalue weighted by Crippen LogP contribution is 2.25. The highest BCUT2D eigenvalue weighted by Gasteiger charge is 2.02. The Morgan fingerprint density at radius 3 is 2.35 bits per heavy atom. The van der Waals surface area contributed by atoms with Gasteiger partial charge in [-0.3, -0.25) is 0 Å². The standard InChI is InChI=1S/C15H15BrFNO2/c16-14-9-12(17)3-6-15(14)20-8-7-19-13-4-1-11(10-18)2-5-13/h1-6,9H,7-8,10,18H2. The molecule has 5 heteroatoms. The third kappa shape index (κ3) is 4.21. The van der Waals surface area contributed by atoms with Crippen molar-refractivity contribution < 1.29 is 13.9 Å². The Morgan fingerprint density at radius 1 is 1.00 bits per heavy atom. The summed E-state index contributed by atoms with van der Waals surface area (Å²) in [6.07, 6.45) is 0. The Bertz CT molecular complexity index is 560. The van der Waals surface area contributed by atoms with Crippen LogP contribution < -0.4 is 15.2 Å². The average molecular weight is 340 g/mol. The molecule has 20 heavy (non-hydrogen) atoms. The quantitative estimate of drug-likeness (QED) is 0.819. The molecule has 3 nitrogen and oxygen atoms in total. The van der Waals surface area contributed by atoms with Gasteiger partial charge in [-0.25, -0.2) is 4.39 Å². The van der Waals surface area contributed by atoms with E-state index in [4.69, 9.17) is 15.2 Å². The van der Waals surface area contributed by atoms with E-state index in [1.807, 2.05) is 24.3 Å². The van der Waals surface area contributed by atoms with Crippen molar-refractivity contribution >= 4 is 15.9 Å². The largest absolute Gasteiger partial charge is 0.490 e. The molecule has 0 saturated carbocycles. The second-order valence-corrected chi connectivity index (χ2v) is 4.97. The Kier molecular flexibility index (Phi) is 5.38. The SMILES string of the molecule is NCc1ccc(OCCOc2ccc(F)cc2Br)cc1. The van der Waals surface area contributed by atoms with Gasteiger partial charge in [0, 0.05) is 6.54 Å². The van der Waals surface area contributed by atoms with Gasteiger partial charge in [-0.15, -0.1) is 0 Å². The van der Waals surface area contributed by atoms with E-state index in [0.717, 1.165) is 11.3 Å². The molecule has 2 aromatic carbocycles. The molecular weight excluding hydrogens is 325 g/mol. The van der Waals surface area contributed by atoms with Crippen molar-refractivity contribution in [2.45, 2.75) is 6.54 Å². The van der Waals surface area contributed by atoms with Crippen molar-refractivity contribution in [3.05, 3.63) is 58.3 Å². The predicted octanol–water partition coefficient (Wildman–Crippen LogP) is 3.50. The number of halogens is 2. The lowest BCUT2D eigenvalue weighted by Gasteiger charge is -2.10. The molecule has 2 rings (SSSR count). The van der Waals surface area contributed by atoms with Gasteiger partial charge < -0.3 is 15.2 Å². The molecule has 0 saturated heterocycles. The monoisotopic (exact) mass is 339 g/mol. The second kappa shape index (κ2) is 7.26. The van der Waals surface area contributed by atoms with Crippen LogP contribution >= 0.6 is 15.9 Å². The maximum atomic E-state index is 12.9. The first-order valence-electron chi connectivity index (χ1n) is 6.18. The smallest absolute Gasteiger partial charge is 0.133 e. The Labute approximate surface area is 125 Å². The maximum Gasteiger partial charge on any atom is 0.133 e. The molecule has 106 valence electrons. The molecule has 2 aromatic rings. The highest BCUT2D eigenvalue weighted by atomic mass is 79.9. The average Bonchev–Trinajstić information content (AvgIpc) is 2.46. The molecule has 0 unspecified atom stereocenters. The van der Waals surface area contributed by atoms with E-state index in [1.54, 1.807) is 6.07 Å². The second-order valence-electron chi connectivity index (χ2n) is 4.12. The van der Waals surface area contributed by atoms with Crippen molar-refractivity contribution in [2.75, 3.05) is 13.2 Å². The normalized spacial score (nSPS) is 10.3. The summed E-state index contributed by atoms with van der Waals surface area (Å²) in [5.41, 5.74) is 6.58. The third-order valence-electron chi connectivity index (χ3n) is 2.66. The van der Waals surface area contributed by atoms with E-state index >= 15 is 0 Å². The number of hydrogen-bond donors (Lipinski definition) is 1. The minimum atomic E-state index is -0.305. The van der Waals surface area contributed by atoms with Crippen molar-refractivity contribution in [1.82, 2.24) is 0 Å². The van der Waals surface area contributed by atoms with Crippen LogP contribution in [0.25, 0.3) is 0 Å². The van der Waals surface area contributed by atoms with Gasteiger partial charge >= 0.3 is 0 Å². The topological polar surface area (TPSA) is 44.5 Å².